The summed E-state index contributed by atoms with van der Waals surface area (Å²) in [4.78, 5) is 1.99. The molecule has 0 saturated carbocycles. The average molecular weight is 316 g/mol. The van der Waals surface area contributed by atoms with Crippen LogP contribution in [-0.2, 0) is 19.6 Å². The topological polar surface area (TPSA) is 65.1 Å². The number of hydrogen-bond donors (Lipinski definition) is 1. The molecule has 0 fully saturated rings. The zero-order chi connectivity index (χ0) is 17.0. The quantitative estimate of drug-likeness (QED) is 0.887. The molecule has 0 aliphatic carbocycles. The number of hydrogen-bond acceptors (Lipinski definition) is 4. The summed E-state index contributed by atoms with van der Waals surface area (Å²) in [5, 5.41) is 22.4. The van der Waals surface area contributed by atoms with E-state index in [0.29, 0.717) is 30.8 Å². The van der Waals surface area contributed by atoms with E-state index in [1.165, 1.54) is 12.1 Å². The molecule has 0 amide bonds. The van der Waals surface area contributed by atoms with Crippen LogP contribution in [0, 0.1) is 31.0 Å². The molecule has 23 heavy (non-hydrogen) atoms. The minimum absolute atomic E-state index is 0.0450. The molecule has 122 valence electrons. The van der Waals surface area contributed by atoms with Gasteiger partial charge in [0.15, 0.2) is 0 Å². The normalized spacial score (nSPS) is 11.0. The highest BCUT2D eigenvalue weighted by atomic mass is 19.1. The van der Waals surface area contributed by atoms with Gasteiger partial charge in [-0.05, 0) is 39.1 Å². The van der Waals surface area contributed by atoms with Crippen LogP contribution in [0.15, 0.2) is 18.2 Å². The van der Waals surface area contributed by atoms with E-state index < -0.39 is 0 Å². The van der Waals surface area contributed by atoms with Crippen molar-refractivity contribution >= 4 is 0 Å². The van der Waals surface area contributed by atoms with Gasteiger partial charge in [0.25, 0.3) is 0 Å². The van der Waals surface area contributed by atoms with Crippen LogP contribution in [0.2, 0.25) is 0 Å². The van der Waals surface area contributed by atoms with Crippen molar-refractivity contribution in [3.8, 4) is 6.07 Å². The molecule has 1 aromatic heterocycles. The molecule has 2 rings (SSSR count). The number of aromatic nitrogens is 2. The molecule has 0 atom stereocenters. The first-order valence-corrected chi connectivity index (χ1v) is 7.47. The van der Waals surface area contributed by atoms with Crippen molar-refractivity contribution < 1.29 is 9.50 Å². The van der Waals surface area contributed by atoms with Crippen molar-refractivity contribution in [2.45, 2.75) is 33.5 Å². The van der Waals surface area contributed by atoms with E-state index in [4.69, 9.17) is 10.4 Å². The lowest BCUT2D eigenvalue weighted by Gasteiger charge is -2.17. The highest BCUT2D eigenvalue weighted by molar-refractivity contribution is 5.34. The minimum Gasteiger partial charge on any atom is -0.394 e. The Hall–Kier alpha value is -2.23. The molecule has 0 aliphatic heterocycles. The van der Waals surface area contributed by atoms with Gasteiger partial charge in [0, 0.05) is 29.9 Å². The third kappa shape index (κ3) is 3.95. The summed E-state index contributed by atoms with van der Waals surface area (Å²) in [5.41, 5.74) is 3.96. The Morgan fingerprint density at radius 3 is 2.74 bits per heavy atom. The van der Waals surface area contributed by atoms with Gasteiger partial charge in [-0.15, -0.1) is 0 Å². The highest BCUT2D eigenvalue weighted by Crippen LogP contribution is 2.18. The lowest BCUT2D eigenvalue weighted by Crippen LogP contribution is -2.19. The van der Waals surface area contributed by atoms with Gasteiger partial charge in [-0.1, -0.05) is 0 Å². The van der Waals surface area contributed by atoms with E-state index >= 15 is 0 Å². The van der Waals surface area contributed by atoms with Crippen molar-refractivity contribution in [2.75, 3.05) is 13.7 Å². The Bertz CT molecular complexity index is 733. The maximum atomic E-state index is 13.9. The number of halogens is 1. The van der Waals surface area contributed by atoms with Crippen LogP contribution in [0.4, 0.5) is 4.39 Å². The first kappa shape index (κ1) is 17.1. The third-order valence-electron chi connectivity index (χ3n) is 3.89. The van der Waals surface area contributed by atoms with Crippen molar-refractivity contribution in [2.24, 2.45) is 0 Å². The summed E-state index contributed by atoms with van der Waals surface area (Å²) in [6.07, 6.45) is 0. The Labute approximate surface area is 135 Å². The van der Waals surface area contributed by atoms with Crippen molar-refractivity contribution in [3.05, 3.63) is 52.1 Å². The van der Waals surface area contributed by atoms with Gasteiger partial charge < -0.3 is 5.11 Å². The van der Waals surface area contributed by atoms with Crippen molar-refractivity contribution in [3.63, 3.8) is 0 Å². The maximum Gasteiger partial charge on any atom is 0.127 e. The number of benzene rings is 1. The smallest absolute Gasteiger partial charge is 0.127 e. The van der Waals surface area contributed by atoms with Gasteiger partial charge in [-0.3, -0.25) is 9.58 Å². The molecule has 0 radical (unpaired) electrons. The summed E-state index contributed by atoms with van der Waals surface area (Å²) in [6.45, 7) is 5.44. The van der Waals surface area contributed by atoms with Gasteiger partial charge in [0.1, 0.15) is 5.82 Å². The van der Waals surface area contributed by atoms with Crippen LogP contribution < -0.4 is 0 Å². The molecule has 0 aliphatic rings. The lowest BCUT2D eigenvalue weighted by atomic mass is 10.1. The molecule has 1 aromatic carbocycles. The summed E-state index contributed by atoms with van der Waals surface area (Å²) in [6, 6.07) is 6.42. The first-order valence-electron chi connectivity index (χ1n) is 7.47. The summed E-state index contributed by atoms with van der Waals surface area (Å²) in [5.74, 6) is -0.305. The Morgan fingerprint density at radius 2 is 2.09 bits per heavy atom. The lowest BCUT2D eigenvalue weighted by molar-refractivity contribution is 0.267. The average Bonchev–Trinajstić information content (AvgIpc) is 2.77. The van der Waals surface area contributed by atoms with Crippen LogP contribution in [0.1, 0.15) is 28.1 Å². The number of nitrogens with zero attached hydrogens (tertiary/aromatic N) is 4. The fourth-order valence-electron chi connectivity index (χ4n) is 2.66. The standard InChI is InChI=1S/C17H21FN4O/c1-12-16(13(2)22(20-12)6-7-23)11-21(3)10-15-8-14(9-19)4-5-17(15)18/h4-5,8,23H,6-7,10-11H2,1-3H3. The number of rotatable bonds is 6. The van der Waals surface area contributed by atoms with Gasteiger partial charge in [0.2, 0.25) is 0 Å². The Balaban J connectivity index is 2.14. The first-order chi connectivity index (χ1) is 11.0. The zero-order valence-corrected chi connectivity index (χ0v) is 13.7. The Morgan fingerprint density at radius 1 is 1.35 bits per heavy atom. The largest absolute Gasteiger partial charge is 0.394 e. The van der Waals surface area contributed by atoms with Crippen LogP contribution >= 0.6 is 0 Å². The highest BCUT2D eigenvalue weighted by Gasteiger charge is 2.14. The second-order valence-electron chi connectivity index (χ2n) is 5.69. The van der Waals surface area contributed by atoms with E-state index in [2.05, 4.69) is 5.10 Å². The van der Waals surface area contributed by atoms with E-state index in [9.17, 15) is 4.39 Å². The third-order valence-corrected chi connectivity index (χ3v) is 3.89. The number of nitriles is 1. The predicted molar refractivity (Wildman–Crippen MR) is 85.1 cm³/mol. The predicted octanol–water partition coefficient (Wildman–Crippen LogP) is 2.14. The van der Waals surface area contributed by atoms with Crippen LogP contribution in [0.3, 0.4) is 0 Å². The number of aliphatic hydroxyl groups excluding tert-OH is 1. The fraction of sp³-hybridized carbons (Fsp3) is 0.412. The summed E-state index contributed by atoms with van der Waals surface area (Å²) >= 11 is 0. The molecule has 0 saturated heterocycles. The van der Waals surface area contributed by atoms with E-state index in [-0.39, 0.29) is 12.4 Å². The number of aryl methyl sites for hydroxylation is 1. The maximum absolute atomic E-state index is 13.9. The molecule has 0 bridgehead atoms. The van der Waals surface area contributed by atoms with Gasteiger partial charge in [-0.25, -0.2) is 4.39 Å². The number of aliphatic hydroxyl groups is 1. The second-order valence-corrected chi connectivity index (χ2v) is 5.69. The minimum atomic E-state index is -0.305. The molecular weight excluding hydrogens is 295 g/mol. The van der Waals surface area contributed by atoms with Crippen LogP contribution in [0.25, 0.3) is 0 Å². The molecule has 1 heterocycles. The van der Waals surface area contributed by atoms with Crippen LogP contribution in [-0.4, -0.2) is 33.4 Å². The molecule has 0 unspecified atom stereocenters. The summed E-state index contributed by atoms with van der Waals surface area (Å²) in [7, 11) is 1.90. The van der Waals surface area contributed by atoms with E-state index in [0.717, 1.165) is 17.0 Å². The van der Waals surface area contributed by atoms with Crippen LogP contribution in [0.5, 0.6) is 0 Å². The molecule has 2 aromatic rings. The van der Waals surface area contributed by atoms with E-state index in [1.807, 2.05) is 31.9 Å². The van der Waals surface area contributed by atoms with Gasteiger partial charge in [0.05, 0.1) is 30.5 Å². The molecule has 5 nitrogen and oxygen atoms in total. The van der Waals surface area contributed by atoms with Gasteiger partial charge >= 0.3 is 0 Å². The van der Waals surface area contributed by atoms with Gasteiger partial charge in [-0.2, -0.15) is 10.4 Å². The van der Waals surface area contributed by atoms with E-state index in [1.54, 1.807) is 10.7 Å². The molecule has 0 spiro atoms. The molecule has 1 N–H and O–H groups in total. The molecule has 6 heteroatoms. The summed E-state index contributed by atoms with van der Waals surface area (Å²) < 4.78 is 15.7. The molecular formula is C17H21FN4O. The fourth-order valence-corrected chi connectivity index (χ4v) is 2.66. The monoisotopic (exact) mass is 316 g/mol. The zero-order valence-electron chi connectivity index (χ0n) is 13.7. The Kier molecular flexibility index (Phi) is 5.48. The van der Waals surface area contributed by atoms with Crippen molar-refractivity contribution in [1.82, 2.24) is 14.7 Å². The second kappa shape index (κ2) is 7.36. The van der Waals surface area contributed by atoms with Crippen molar-refractivity contribution in [1.29, 1.82) is 5.26 Å². The SMILES string of the molecule is Cc1nn(CCO)c(C)c1CN(C)Cc1cc(C#N)ccc1F.